The minimum atomic E-state index is -0.675. The number of carboxylic acids is 2. The third-order valence-corrected chi connectivity index (χ3v) is 3.63. The summed E-state index contributed by atoms with van der Waals surface area (Å²) < 4.78 is 0. The van der Waals surface area contributed by atoms with Gasteiger partial charge in [0.2, 0.25) is 0 Å². The zero-order chi connectivity index (χ0) is 19.2. The van der Waals surface area contributed by atoms with E-state index in [0.29, 0.717) is 23.7 Å². The predicted molar refractivity (Wildman–Crippen MR) is 100 cm³/mol. The van der Waals surface area contributed by atoms with Gasteiger partial charge in [0, 0.05) is 12.8 Å². The Labute approximate surface area is 205 Å². The topological polar surface area (TPSA) is 74.6 Å². The Kier molecular flexibility index (Phi) is 30.6. The van der Waals surface area contributed by atoms with Crippen LogP contribution < -0.4 is 0 Å². The standard InChI is InChI=1S/2C10H20O2.3Zn/c2*1-10(2,3)8-6-4-5-7-9(11)12;;;/h2*4-8H2,1-3H3,(H,11,12);;;/q;;3*+2. The van der Waals surface area contributed by atoms with E-state index in [1.807, 2.05) is 0 Å². The summed E-state index contributed by atoms with van der Waals surface area (Å²) in [5.41, 5.74) is 0.784. The molecule has 0 rings (SSSR count). The van der Waals surface area contributed by atoms with Crippen molar-refractivity contribution >= 4 is 11.9 Å². The van der Waals surface area contributed by atoms with Gasteiger partial charge in [0.1, 0.15) is 0 Å². The second-order valence-electron chi connectivity index (χ2n) is 9.03. The summed E-state index contributed by atoms with van der Waals surface area (Å²) in [6.45, 7) is 13.3. The average Bonchev–Trinajstić information content (AvgIpc) is 2.35. The largest absolute Gasteiger partial charge is 2.00 e. The molecule has 2 N–H and O–H groups in total. The van der Waals surface area contributed by atoms with Gasteiger partial charge < -0.3 is 10.2 Å². The second kappa shape index (κ2) is 21.5. The van der Waals surface area contributed by atoms with E-state index < -0.39 is 11.9 Å². The molecule has 0 saturated carbocycles. The Bertz CT molecular complexity index is 314. The van der Waals surface area contributed by atoms with Crippen molar-refractivity contribution in [2.45, 2.75) is 106 Å². The van der Waals surface area contributed by atoms with E-state index in [0.717, 1.165) is 38.5 Å². The first kappa shape index (κ1) is 38.4. The summed E-state index contributed by atoms with van der Waals surface area (Å²) in [4.78, 5) is 20.3. The van der Waals surface area contributed by atoms with Crippen LogP contribution in [0.2, 0.25) is 0 Å². The van der Waals surface area contributed by atoms with E-state index in [1.165, 1.54) is 12.8 Å². The normalized spacial score (nSPS) is 10.3. The van der Waals surface area contributed by atoms with Crippen LogP contribution in [-0.4, -0.2) is 22.2 Å². The molecule has 0 saturated heterocycles. The number of hydrogen-bond acceptors (Lipinski definition) is 2. The number of rotatable bonds is 10. The van der Waals surface area contributed by atoms with Crippen LogP contribution in [0, 0.1) is 10.8 Å². The van der Waals surface area contributed by atoms with Gasteiger partial charge in [-0.25, -0.2) is 0 Å². The van der Waals surface area contributed by atoms with Crippen LogP contribution >= 0.6 is 0 Å². The molecule has 0 aromatic rings. The predicted octanol–water partition coefficient (Wildman–Crippen LogP) is 6.13. The van der Waals surface area contributed by atoms with Crippen molar-refractivity contribution in [1.29, 1.82) is 0 Å². The van der Waals surface area contributed by atoms with E-state index in [9.17, 15) is 9.59 Å². The molecule has 0 aliphatic heterocycles. The molecule has 0 unspecified atom stereocenters. The Hall–Kier alpha value is 0.810. The first-order chi connectivity index (χ1) is 10.8. The van der Waals surface area contributed by atoms with Gasteiger partial charge in [-0.15, -0.1) is 0 Å². The zero-order valence-corrected chi connectivity index (χ0v) is 27.8. The third-order valence-electron chi connectivity index (χ3n) is 3.63. The molecular weight excluding hydrogens is 500 g/mol. The van der Waals surface area contributed by atoms with Crippen LogP contribution in [0.15, 0.2) is 0 Å². The summed E-state index contributed by atoms with van der Waals surface area (Å²) in [5.74, 6) is -1.35. The third kappa shape index (κ3) is 46.6. The number of hydrogen-bond donors (Lipinski definition) is 2. The van der Waals surface area contributed by atoms with Crippen LogP contribution in [0.4, 0.5) is 0 Å². The molecule has 0 atom stereocenters. The molecule has 0 aliphatic carbocycles. The smallest absolute Gasteiger partial charge is 0.481 e. The Balaban J connectivity index is -0.000000108. The summed E-state index contributed by atoms with van der Waals surface area (Å²) in [7, 11) is 0. The average molecular weight is 541 g/mol. The minimum Gasteiger partial charge on any atom is -0.481 e. The zero-order valence-electron chi connectivity index (χ0n) is 18.9. The number of carboxylic acid groups (broad SMARTS) is 2. The maximum atomic E-state index is 10.2. The second-order valence-corrected chi connectivity index (χ2v) is 9.03. The quantitative estimate of drug-likeness (QED) is 0.258. The van der Waals surface area contributed by atoms with Gasteiger partial charge in [-0.2, -0.15) is 0 Å². The molecule has 0 aromatic carbocycles. The first-order valence-corrected chi connectivity index (χ1v) is 9.27. The molecule has 0 spiro atoms. The van der Waals surface area contributed by atoms with Gasteiger partial charge in [0.15, 0.2) is 0 Å². The van der Waals surface area contributed by atoms with Gasteiger partial charge in [-0.1, -0.05) is 67.2 Å². The van der Waals surface area contributed by atoms with Crippen molar-refractivity contribution in [3.05, 3.63) is 0 Å². The molecule has 4 nitrogen and oxygen atoms in total. The van der Waals surface area contributed by atoms with Crippen molar-refractivity contribution in [3.8, 4) is 0 Å². The van der Waals surface area contributed by atoms with Crippen LogP contribution in [0.25, 0.3) is 0 Å². The molecule has 27 heavy (non-hydrogen) atoms. The maximum Gasteiger partial charge on any atom is 2.00 e. The van der Waals surface area contributed by atoms with Crippen molar-refractivity contribution in [2.75, 3.05) is 0 Å². The molecule has 7 heteroatoms. The van der Waals surface area contributed by atoms with Crippen LogP contribution in [0.5, 0.6) is 0 Å². The maximum absolute atomic E-state index is 10.2. The minimum absolute atomic E-state index is 0. The molecule has 0 aromatic heterocycles. The van der Waals surface area contributed by atoms with E-state index in [4.69, 9.17) is 10.2 Å². The van der Waals surface area contributed by atoms with Gasteiger partial charge >= 0.3 is 70.4 Å². The van der Waals surface area contributed by atoms with E-state index in [2.05, 4.69) is 41.5 Å². The first-order valence-electron chi connectivity index (χ1n) is 9.27. The van der Waals surface area contributed by atoms with Crippen LogP contribution in [0.3, 0.4) is 0 Å². The molecule has 0 bridgehead atoms. The molecule has 144 valence electrons. The summed E-state index contributed by atoms with van der Waals surface area (Å²) in [5, 5.41) is 16.7. The SMILES string of the molecule is CC(C)(C)CCCCCC(=O)O.CC(C)(C)CCCCCC(=O)O.[Zn+2].[Zn+2].[Zn+2]. The Morgan fingerprint density at radius 2 is 0.815 bits per heavy atom. The number of aliphatic carboxylic acids is 2. The fourth-order valence-electron chi connectivity index (χ4n) is 2.22. The Morgan fingerprint density at radius 3 is 1.00 bits per heavy atom. The monoisotopic (exact) mass is 536 g/mol. The molecular formula is C20H40O4Zn3+6. The van der Waals surface area contributed by atoms with Crippen molar-refractivity contribution in [3.63, 3.8) is 0 Å². The molecule has 0 heterocycles. The van der Waals surface area contributed by atoms with Crippen molar-refractivity contribution < 1.29 is 78.2 Å². The van der Waals surface area contributed by atoms with E-state index in [1.54, 1.807) is 0 Å². The van der Waals surface area contributed by atoms with E-state index >= 15 is 0 Å². The Morgan fingerprint density at radius 1 is 0.556 bits per heavy atom. The summed E-state index contributed by atoms with van der Waals surface area (Å²) >= 11 is 0. The van der Waals surface area contributed by atoms with Gasteiger partial charge in [0.05, 0.1) is 0 Å². The summed E-state index contributed by atoms with van der Waals surface area (Å²) in [6.07, 6.45) is 9.06. The number of unbranched alkanes of at least 4 members (excludes halogenated alkanes) is 4. The fourth-order valence-corrected chi connectivity index (χ4v) is 2.22. The molecule has 0 radical (unpaired) electrons. The van der Waals surface area contributed by atoms with E-state index in [-0.39, 0.29) is 58.4 Å². The van der Waals surface area contributed by atoms with Crippen LogP contribution in [-0.2, 0) is 68.0 Å². The molecule has 0 aliphatic rings. The van der Waals surface area contributed by atoms with Gasteiger partial charge in [0.25, 0.3) is 0 Å². The molecule has 0 amide bonds. The van der Waals surface area contributed by atoms with Crippen LogP contribution in [0.1, 0.15) is 106 Å². The number of carbonyl (C=O) groups is 2. The molecule has 0 fully saturated rings. The van der Waals surface area contributed by atoms with Gasteiger partial charge in [-0.3, -0.25) is 9.59 Å². The fraction of sp³-hybridized carbons (Fsp3) is 0.900. The van der Waals surface area contributed by atoms with Crippen molar-refractivity contribution in [1.82, 2.24) is 0 Å². The summed E-state index contributed by atoms with van der Waals surface area (Å²) in [6, 6.07) is 0. The van der Waals surface area contributed by atoms with Gasteiger partial charge in [-0.05, 0) is 36.5 Å². The van der Waals surface area contributed by atoms with Crippen molar-refractivity contribution in [2.24, 2.45) is 10.8 Å².